The van der Waals surface area contributed by atoms with Gasteiger partial charge in [0.2, 0.25) is 0 Å². The molecule has 4 nitrogen and oxygen atoms in total. The number of thioether (sulfide) groups is 1. The number of hydrogen-bond acceptors (Lipinski definition) is 4. The Hall–Kier alpha value is -1.20. The molecule has 0 spiro atoms. The first-order valence-electron chi connectivity index (χ1n) is 7.09. The van der Waals surface area contributed by atoms with E-state index in [4.69, 9.17) is 4.74 Å². The highest BCUT2D eigenvalue weighted by molar-refractivity contribution is 8.00. The average molecular weight is 311 g/mol. The third kappa shape index (κ3) is 5.25. The molecule has 0 bridgehead atoms. The maximum absolute atomic E-state index is 11.6. The molecular weight excluding hydrogens is 286 g/mol. The smallest absolute Gasteiger partial charge is 0.323 e. The first-order chi connectivity index (χ1) is 9.78. The summed E-state index contributed by atoms with van der Waals surface area (Å²) in [6.45, 7) is 7.70. The fourth-order valence-electron chi connectivity index (χ4n) is 2.39. The average Bonchev–Trinajstić information content (AvgIpc) is 2.37. The number of methoxy groups -OCH3 is 1. The van der Waals surface area contributed by atoms with Crippen LogP contribution in [-0.2, 0) is 4.79 Å². The molecule has 1 aromatic carbocycles. The number of carboxylic acids is 1. The van der Waals surface area contributed by atoms with E-state index in [9.17, 15) is 9.90 Å². The topological polar surface area (TPSA) is 58.6 Å². The molecule has 1 rings (SSSR count). The first-order valence-corrected chi connectivity index (χ1v) is 7.97. The van der Waals surface area contributed by atoms with Crippen molar-refractivity contribution in [3.8, 4) is 5.75 Å². The number of para-hydroxylation sites is 1. The minimum absolute atomic E-state index is 0.120. The summed E-state index contributed by atoms with van der Waals surface area (Å²) in [6.07, 6.45) is 0.531. The molecule has 0 fully saturated rings. The van der Waals surface area contributed by atoms with Gasteiger partial charge >= 0.3 is 5.97 Å². The number of aliphatic carboxylic acids is 1. The van der Waals surface area contributed by atoms with Gasteiger partial charge < -0.3 is 9.84 Å². The number of ether oxygens (including phenoxy) is 1. The lowest BCUT2D eigenvalue weighted by Crippen LogP contribution is -2.53. The van der Waals surface area contributed by atoms with E-state index >= 15 is 0 Å². The molecule has 5 heteroatoms. The maximum Gasteiger partial charge on any atom is 0.323 e. The van der Waals surface area contributed by atoms with Crippen LogP contribution in [0.15, 0.2) is 29.2 Å². The highest BCUT2D eigenvalue weighted by atomic mass is 32.2. The van der Waals surface area contributed by atoms with Crippen LogP contribution in [0.3, 0.4) is 0 Å². The van der Waals surface area contributed by atoms with Crippen molar-refractivity contribution >= 4 is 17.7 Å². The van der Waals surface area contributed by atoms with Crippen molar-refractivity contribution in [3.05, 3.63) is 24.3 Å². The van der Waals surface area contributed by atoms with Crippen molar-refractivity contribution in [3.63, 3.8) is 0 Å². The van der Waals surface area contributed by atoms with Gasteiger partial charge in [0.05, 0.1) is 7.11 Å². The molecule has 0 radical (unpaired) electrons. The summed E-state index contributed by atoms with van der Waals surface area (Å²) in [6, 6.07) is 7.91. The molecule has 0 aromatic heterocycles. The highest BCUT2D eigenvalue weighted by Crippen LogP contribution is 2.34. The summed E-state index contributed by atoms with van der Waals surface area (Å²) in [7, 11) is 1.64. The summed E-state index contributed by atoms with van der Waals surface area (Å²) in [4.78, 5) is 12.6. The Labute approximate surface area is 131 Å². The molecule has 0 heterocycles. The van der Waals surface area contributed by atoms with Gasteiger partial charge in [0.15, 0.2) is 0 Å². The number of rotatable bonds is 8. The molecule has 2 N–H and O–H groups in total. The first kappa shape index (κ1) is 17.9. The molecule has 2 unspecified atom stereocenters. The van der Waals surface area contributed by atoms with E-state index in [-0.39, 0.29) is 11.3 Å². The molecule has 0 aliphatic carbocycles. The van der Waals surface area contributed by atoms with Crippen molar-refractivity contribution in [2.45, 2.75) is 55.8 Å². The van der Waals surface area contributed by atoms with Crippen molar-refractivity contribution in [2.24, 2.45) is 0 Å². The van der Waals surface area contributed by atoms with E-state index in [2.05, 4.69) is 5.32 Å². The zero-order valence-corrected chi connectivity index (χ0v) is 14.2. The van der Waals surface area contributed by atoms with Crippen LogP contribution in [0.2, 0.25) is 0 Å². The molecule has 21 heavy (non-hydrogen) atoms. The van der Waals surface area contributed by atoms with Gasteiger partial charge in [-0.15, -0.1) is 11.8 Å². The van der Waals surface area contributed by atoms with Crippen LogP contribution in [0.4, 0.5) is 0 Å². The second-order valence-corrected chi connectivity index (χ2v) is 7.20. The van der Waals surface area contributed by atoms with Gasteiger partial charge in [-0.3, -0.25) is 10.1 Å². The molecule has 0 amide bonds. The SMILES string of the molecule is COc1ccccc1SC(C)CC(C)(NC(C)C)C(=O)O. The second kappa shape index (κ2) is 7.71. The summed E-state index contributed by atoms with van der Waals surface area (Å²) in [5.74, 6) is 0.00636. The lowest BCUT2D eigenvalue weighted by atomic mass is 9.95. The Morgan fingerprint density at radius 2 is 2.00 bits per heavy atom. The monoisotopic (exact) mass is 311 g/mol. The largest absolute Gasteiger partial charge is 0.496 e. The third-order valence-electron chi connectivity index (χ3n) is 3.17. The van der Waals surface area contributed by atoms with Crippen LogP contribution in [0.1, 0.15) is 34.1 Å². The zero-order valence-electron chi connectivity index (χ0n) is 13.3. The van der Waals surface area contributed by atoms with Crippen LogP contribution in [0.25, 0.3) is 0 Å². The van der Waals surface area contributed by atoms with Crippen LogP contribution in [0, 0.1) is 0 Å². The molecule has 1 aromatic rings. The molecule has 118 valence electrons. The summed E-state index contributed by atoms with van der Waals surface area (Å²) < 4.78 is 5.34. The van der Waals surface area contributed by atoms with Gasteiger partial charge in [0.25, 0.3) is 0 Å². The van der Waals surface area contributed by atoms with Gasteiger partial charge in [-0.05, 0) is 39.3 Å². The van der Waals surface area contributed by atoms with Crippen LogP contribution < -0.4 is 10.1 Å². The fourth-order valence-corrected chi connectivity index (χ4v) is 3.67. The lowest BCUT2D eigenvalue weighted by Gasteiger charge is -2.31. The Morgan fingerprint density at radius 1 is 1.38 bits per heavy atom. The zero-order chi connectivity index (χ0) is 16.0. The van der Waals surface area contributed by atoms with Gasteiger partial charge in [-0.25, -0.2) is 0 Å². The van der Waals surface area contributed by atoms with E-state index in [0.717, 1.165) is 10.6 Å². The van der Waals surface area contributed by atoms with Gasteiger partial charge in [0, 0.05) is 16.2 Å². The molecular formula is C16H25NO3S. The van der Waals surface area contributed by atoms with Crippen molar-refractivity contribution in [1.82, 2.24) is 5.32 Å². The summed E-state index contributed by atoms with van der Waals surface area (Å²) >= 11 is 1.64. The van der Waals surface area contributed by atoms with Gasteiger partial charge in [-0.1, -0.05) is 19.1 Å². The third-order valence-corrected chi connectivity index (χ3v) is 4.33. The molecule has 0 aliphatic rings. The number of carbonyl (C=O) groups is 1. The van der Waals surface area contributed by atoms with E-state index in [1.807, 2.05) is 45.0 Å². The minimum atomic E-state index is -0.928. The van der Waals surface area contributed by atoms with E-state index in [1.165, 1.54) is 0 Å². The van der Waals surface area contributed by atoms with Crippen molar-refractivity contribution < 1.29 is 14.6 Å². The highest BCUT2D eigenvalue weighted by Gasteiger charge is 2.35. The Morgan fingerprint density at radius 3 is 2.52 bits per heavy atom. The second-order valence-electron chi connectivity index (χ2n) is 5.72. The van der Waals surface area contributed by atoms with Gasteiger partial charge in [0.1, 0.15) is 11.3 Å². The standard InChI is InChI=1S/C16H25NO3S/c1-11(2)17-16(4,15(18)19)10-12(3)21-14-9-7-6-8-13(14)20-5/h6-9,11-12,17H,10H2,1-5H3,(H,18,19). The number of benzene rings is 1. The molecule has 0 saturated heterocycles. The molecule has 0 aliphatic heterocycles. The predicted molar refractivity (Wildman–Crippen MR) is 87.2 cm³/mol. The molecule has 2 atom stereocenters. The lowest BCUT2D eigenvalue weighted by molar-refractivity contribution is -0.144. The molecule has 0 saturated carbocycles. The van der Waals surface area contributed by atoms with Crippen LogP contribution in [0.5, 0.6) is 5.75 Å². The minimum Gasteiger partial charge on any atom is -0.496 e. The van der Waals surface area contributed by atoms with Gasteiger partial charge in [-0.2, -0.15) is 0 Å². The Balaban J connectivity index is 2.79. The normalized spacial score (nSPS) is 15.5. The summed E-state index contributed by atoms with van der Waals surface area (Å²) in [5.41, 5.74) is -0.928. The number of nitrogens with one attached hydrogen (secondary N) is 1. The quantitative estimate of drug-likeness (QED) is 0.721. The number of carboxylic acid groups (broad SMARTS) is 1. The predicted octanol–water partition coefficient (Wildman–Crippen LogP) is 3.41. The van der Waals surface area contributed by atoms with E-state index in [0.29, 0.717) is 6.42 Å². The Kier molecular flexibility index (Phi) is 6.55. The number of hydrogen-bond donors (Lipinski definition) is 2. The fraction of sp³-hybridized carbons (Fsp3) is 0.562. The maximum atomic E-state index is 11.6. The van der Waals surface area contributed by atoms with E-state index in [1.54, 1.807) is 25.8 Å². The van der Waals surface area contributed by atoms with Crippen molar-refractivity contribution in [1.29, 1.82) is 0 Å². The Bertz CT molecular complexity index is 478. The van der Waals surface area contributed by atoms with Crippen molar-refractivity contribution in [2.75, 3.05) is 7.11 Å². The van der Waals surface area contributed by atoms with E-state index < -0.39 is 11.5 Å². The van der Waals surface area contributed by atoms with Crippen LogP contribution >= 0.6 is 11.8 Å². The summed E-state index contributed by atoms with van der Waals surface area (Å²) in [5, 5.41) is 12.8. The van der Waals surface area contributed by atoms with Crippen LogP contribution in [-0.4, -0.2) is 35.0 Å².